The number of nitrogens with zero attached hydrogens (tertiary/aromatic N) is 2. The van der Waals surface area contributed by atoms with Crippen LogP contribution in [0, 0.1) is 6.92 Å². The summed E-state index contributed by atoms with van der Waals surface area (Å²) < 4.78 is 2.45. The summed E-state index contributed by atoms with van der Waals surface area (Å²) in [5.74, 6) is 1.42. The van der Waals surface area contributed by atoms with Crippen LogP contribution in [0.15, 0.2) is 18.2 Å². The molecular weight excluding hydrogens is 264 g/mol. The maximum absolute atomic E-state index is 6.04. The number of para-hydroxylation sites is 1. The van der Waals surface area contributed by atoms with Crippen molar-refractivity contribution in [3.8, 4) is 0 Å². The van der Waals surface area contributed by atoms with Gasteiger partial charge in [-0.15, -0.1) is 11.6 Å². The van der Waals surface area contributed by atoms with E-state index in [0.717, 1.165) is 17.9 Å². The summed E-state index contributed by atoms with van der Waals surface area (Å²) in [5.41, 5.74) is 3.52. The normalized spacial score (nSPS) is 12.3. The number of alkyl halides is 1. The molecule has 0 amide bonds. The van der Waals surface area contributed by atoms with Gasteiger partial charge in [-0.05, 0) is 38.7 Å². The van der Waals surface area contributed by atoms with Gasteiger partial charge >= 0.3 is 0 Å². The first kappa shape index (κ1) is 13.8. The Hall–Kier alpha value is -0.670. The van der Waals surface area contributed by atoms with Gasteiger partial charge in [-0.25, -0.2) is 4.98 Å². The number of hydrogen-bond acceptors (Lipinski definition) is 2. The topological polar surface area (TPSA) is 17.8 Å². The first-order valence-electron chi connectivity index (χ1n) is 6.04. The highest BCUT2D eigenvalue weighted by Gasteiger charge is 2.21. The summed E-state index contributed by atoms with van der Waals surface area (Å²) in [5, 5.41) is 0. The molecular formula is C14H19ClN2S. The van der Waals surface area contributed by atoms with Crippen LogP contribution in [0.3, 0.4) is 0 Å². The van der Waals surface area contributed by atoms with Gasteiger partial charge < -0.3 is 4.57 Å². The Morgan fingerprint density at radius 1 is 1.39 bits per heavy atom. The number of thioether (sulfide) groups is 1. The van der Waals surface area contributed by atoms with Gasteiger partial charge in [0.15, 0.2) is 0 Å². The van der Waals surface area contributed by atoms with E-state index >= 15 is 0 Å². The fourth-order valence-electron chi connectivity index (χ4n) is 2.13. The Morgan fingerprint density at radius 2 is 2.11 bits per heavy atom. The predicted molar refractivity (Wildman–Crippen MR) is 81.6 cm³/mol. The van der Waals surface area contributed by atoms with Crippen molar-refractivity contribution in [1.82, 2.24) is 9.55 Å². The van der Waals surface area contributed by atoms with Crippen molar-refractivity contribution < 1.29 is 0 Å². The van der Waals surface area contributed by atoms with Crippen LogP contribution < -0.4 is 0 Å². The molecule has 98 valence electrons. The van der Waals surface area contributed by atoms with Crippen molar-refractivity contribution >= 4 is 34.4 Å². The Morgan fingerprint density at radius 3 is 2.72 bits per heavy atom. The smallest absolute Gasteiger partial charge is 0.124 e. The third kappa shape index (κ3) is 2.52. The van der Waals surface area contributed by atoms with Crippen molar-refractivity contribution in [2.45, 2.75) is 37.9 Å². The summed E-state index contributed by atoms with van der Waals surface area (Å²) >= 11 is 7.91. The second-order valence-corrected chi connectivity index (χ2v) is 6.93. The van der Waals surface area contributed by atoms with Gasteiger partial charge in [0.2, 0.25) is 0 Å². The van der Waals surface area contributed by atoms with E-state index in [0.29, 0.717) is 5.88 Å². The van der Waals surface area contributed by atoms with Crippen LogP contribution in [0.2, 0.25) is 0 Å². The van der Waals surface area contributed by atoms with Gasteiger partial charge in [0.25, 0.3) is 0 Å². The van der Waals surface area contributed by atoms with Crippen molar-refractivity contribution in [3.63, 3.8) is 0 Å². The first-order chi connectivity index (χ1) is 8.48. The average molecular weight is 283 g/mol. The molecule has 1 heterocycles. The quantitative estimate of drug-likeness (QED) is 0.781. The third-order valence-corrected chi connectivity index (χ3v) is 4.73. The molecule has 4 heteroatoms. The second-order valence-electron chi connectivity index (χ2n) is 5.15. The number of halogens is 1. The van der Waals surface area contributed by atoms with Crippen molar-refractivity contribution in [2.24, 2.45) is 0 Å². The molecule has 0 saturated carbocycles. The van der Waals surface area contributed by atoms with E-state index in [1.54, 1.807) is 0 Å². The molecule has 0 aliphatic rings. The Balaban J connectivity index is 2.60. The van der Waals surface area contributed by atoms with Gasteiger partial charge in [-0.1, -0.05) is 12.1 Å². The lowest BCUT2D eigenvalue weighted by Gasteiger charge is -2.24. The highest BCUT2D eigenvalue weighted by atomic mass is 35.5. The van der Waals surface area contributed by atoms with Crippen LogP contribution in [-0.4, -0.2) is 20.6 Å². The zero-order valence-electron chi connectivity index (χ0n) is 11.3. The van der Waals surface area contributed by atoms with Crippen LogP contribution in [0.25, 0.3) is 11.0 Å². The van der Waals surface area contributed by atoms with Crippen molar-refractivity contribution in [3.05, 3.63) is 29.6 Å². The lowest BCUT2D eigenvalue weighted by molar-refractivity contribution is 0.566. The standard InChI is InChI=1S/C14H19ClN2S/c1-10-6-5-7-11-13(10)17(12(8-15)16-11)9-14(2,3)18-4/h5-7H,8-9H2,1-4H3. The molecule has 0 unspecified atom stereocenters. The van der Waals surface area contributed by atoms with Crippen LogP contribution >= 0.6 is 23.4 Å². The lowest BCUT2D eigenvalue weighted by Crippen LogP contribution is -2.23. The van der Waals surface area contributed by atoms with E-state index in [9.17, 15) is 0 Å². The number of aryl methyl sites for hydroxylation is 1. The Kier molecular flexibility index (Phi) is 3.93. The summed E-state index contributed by atoms with van der Waals surface area (Å²) in [6.45, 7) is 7.56. The van der Waals surface area contributed by atoms with E-state index in [2.05, 4.69) is 48.7 Å². The average Bonchev–Trinajstić information content (AvgIpc) is 2.68. The van der Waals surface area contributed by atoms with Crippen molar-refractivity contribution in [1.29, 1.82) is 0 Å². The number of fused-ring (bicyclic) bond motifs is 1. The number of hydrogen-bond donors (Lipinski definition) is 0. The molecule has 2 rings (SSSR count). The maximum atomic E-state index is 6.04. The fourth-order valence-corrected chi connectivity index (χ4v) is 2.59. The summed E-state index contributed by atoms with van der Waals surface area (Å²) in [4.78, 5) is 4.63. The van der Waals surface area contributed by atoms with Gasteiger partial charge in [0, 0.05) is 11.3 Å². The number of imidazole rings is 1. The molecule has 0 N–H and O–H groups in total. The predicted octanol–water partition coefficient (Wildman–Crippen LogP) is 4.23. The Labute approximate surface area is 118 Å². The highest BCUT2D eigenvalue weighted by Crippen LogP contribution is 2.28. The van der Waals surface area contributed by atoms with Crippen LogP contribution in [0.1, 0.15) is 25.2 Å². The fraction of sp³-hybridized carbons (Fsp3) is 0.500. The van der Waals surface area contributed by atoms with Crippen molar-refractivity contribution in [2.75, 3.05) is 6.26 Å². The molecule has 2 aromatic rings. The molecule has 18 heavy (non-hydrogen) atoms. The molecule has 1 aromatic carbocycles. The molecule has 0 spiro atoms. The minimum Gasteiger partial charge on any atom is -0.325 e. The minimum absolute atomic E-state index is 0.177. The molecule has 0 aliphatic carbocycles. The van der Waals surface area contributed by atoms with Gasteiger partial charge in [0.05, 0.1) is 16.9 Å². The molecule has 0 atom stereocenters. The Bertz CT molecular complexity index is 560. The molecule has 0 fully saturated rings. The maximum Gasteiger partial charge on any atom is 0.124 e. The first-order valence-corrected chi connectivity index (χ1v) is 7.80. The van der Waals surface area contributed by atoms with Crippen LogP contribution in [-0.2, 0) is 12.4 Å². The van der Waals surface area contributed by atoms with E-state index < -0.39 is 0 Å². The zero-order chi connectivity index (χ0) is 13.3. The molecule has 0 aliphatic heterocycles. The SMILES string of the molecule is CSC(C)(C)Cn1c(CCl)nc2cccc(C)c21. The molecule has 1 aromatic heterocycles. The lowest BCUT2D eigenvalue weighted by atomic mass is 10.1. The highest BCUT2D eigenvalue weighted by molar-refractivity contribution is 7.99. The summed E-state index contributed by atoms with van der Waals surface area (Å²) in [7, 11) is 0. The molecule has 0 bridgehead atoms. The van der Waals surface area contributed by atoms with E-state index in [1.807, 2.05) is 17.8 Å². The third-order valence-electron chi connectivity index (χ3n) is 3.26. The van der Waals surface area contributed by atoms with E-state index in [4.69, 9.17) is 11.6 Å². The molecule has 2 nitrogen and oxygen atoms in total. The van der Waals surface area contributed by atoms with Gasteiger partial charge in [-0.2, -0.15) is 11.8 Å². The number of aromatic nitrogens is 2. The second kappa shape index (κ2) is 5.14. The van der Waals surface area contributed by atoms with Gasteiger partial charge in [0.1, 0.15) is 5.82 Å². The van der Waals surface area contributed by atoms with Gasteiger partial charge in [-0.3, -0.25) is 0 Å². The zero-order valence-corrected chi connectivity index (χ0v) is 12.9. The molecule has 0 radical (unpaired) electrons. The molecule has 0 saturated heterocycles. The van der Waals surface area contributed by atoms with E-state index in [-0.39, 0.29) is 4.75 Å². The van der Waals surface area contributed by atoms with E-state index in [1.165, 1.54) is 11.1 Å². The summed E-state index contributed by atoms with van der Waals surface area (Å²) in [6.07, 6.45) is 2.15. The largest absolute Gasteiger partial charge is 0.325 e. The monoisotopic (exact) mass is 282 g/mol. The summed E-state index contributed by atoms with van der Waals surface area (Å²) in [6, 6.07) is 6.23. The van der Waals surface area contributed by atoms with Crippen LogP contribution in [0.5, 0.6) is 0 Å². The van der Waals surface area contributed by atoms with Crippen LogP contribution in [0.4, 0.5) is 0 Å². The number of rotatable bonds is 4. The minimum atomic E-state index is 0.177. The number of benzene rings is 1.